The van der Waals surface area contributed by atoms with Gasteiger partial charge in [-0.2, -0.15) is 5.10 Å². The molecule has 1 fully saturated rings. The number of pyridine rings is 1. The minimum Gasteiger partial charge on any atom is -0.391 e. The predicted octanol–water partition coefficient (Wildman–Crippen LogP) is 0.789. The summed E-state index contributed by atoms with van der Waals surface area (Å²) in [5.41, 5.74) is 2.34. The first kappa shape index (κ1) is 13.8. The lowest BCUT2D eigenvalue weighted by Crippen LogP contribution is -2.30. The molecule has 2 atom stereocenters. The van der Waals surface area contributed by atoms with Gasteiger partial charge in [-0.05, 0) is 31.5 Å². The van der Waals surface area contributed by atoms with Crippen LogP contribution in [0.15, 0.2) is 30.5 Å². The number of nitrogens with one attached hydrogen (secondary N) is 1. The summed E-state index contributed by atoms with van der Waals surface area (Å²) in [5.74, 6) is -0.115. The van der Waals surface area contributed by atoms with Crippen LogP contribution in [0.5, 0.6) is 0 Å². The maximum atomic E-state index is 12.3. The molecule has 2 aromatic heterocycles. The van der Waals surface area contributed by atoms with Gasteiger partial charge in [0.2, 0.25) is 0 Å². The number of aromatic nitrogens is 3. The Bertz CT molecular complexity index is 626. The number of nitrogens with zero attached hydrogens (tertiary/aromatic N) is 3. The number of amides is 1. The standard InChI is InChI=1S/C15H18N4O2/c1-10-6-12(18-17-10)7-11-8-19(9-14(11)20)15(21)13-4-2-3-5-16-13/h2-6,11,14,20H,7-9H2,1H3,(H,17,18)/t11-,14-/m1/s1. The maximum Gasteiger partial charge on any atom is 0.272 e. The number of likely N-dealkylation sites (tertiary alicyclic amines) is 1. The molecule has 6 nitrogen and oxygen atoms in total. The van der Waals surface area contributed by atoms with Crippen molar-refractivity contribution in [3.63, 3.8) is 0 Å². The fraction of sp³-hybridized carbons (Fsp3) is 0.400. The van der Waals surface area contributed by atoms with Gasteiger partial charge in [0, 0.05) is 30.9 Å². The van der Waals surface area contributed by atoms with Gasteiger partial charge in [-0.1, -0.05) is 6.07 Å². The van der Waals surface area contributed by atoms with Crippen molar-refractivity contribution in [2.75, 3.05) is 13.1 Å². The predicted molar refractivity (Wildman–Crippen MR) is 76.7 cm³/mol. The Kier molecular flexibility index (Phi) is 3.70. The van der Waals surface area contributed by atoms with Crippen molar-refractivity contribution in [3.8, 4) is 0 Å². The largest absolute Gasteiger partial charge is 0.391 e. The Labute approximate surface area is 122 Å². The van der Waals surface area contributed by atoms with E-state index in [4.69, 9.17) is 0 Å². The van der Waals surface area contributed by atoms with Gasteiger partial charge in [0.25, 0.3) is 5.91 Å². The van der Waals surface area contributed by atoms with Gasteiger partial charge >= 0.3 is 0 Å². The second kappa shape index (κ2) is 5.65. The molecule has 0 unspecified atom stereocenters. The lowest BCUT2D eigenvalue weighted by atomic mass is 10.0. The first-order chi connectivity index (χ1) is 10.1. The summed E-state index contributed by atoms with van der Waals surface area (Å²) in [6.07, 6.45) is 1.75. The molecule has 1 aliphatic rings. The maximum absolute atomic E-state index is 12.3. The SMILES string of the molecule is Cc1cc(C[C@@H]2CN(C(=O)c3ccccn3)C[C@H]2O)n[nH]1. The summed E-state index contributed by atoms with van der Waals surface area (Å²) in [7, 11) is 0. The Hall–Kier alpha value is -2.21. The van der Waals surface area contributed by atoms with Crippen molar-refractivity contribution in [2.45, 2.75) is 19.4 Å². The van der Waals surface area contributed by atoms with Crippen molar-refractivity contribution in [2.24, 2.45) is 5.92 Å². The molecule has 6 heteroatoms. The van der Waals surface area contributed by atoms with Gasteiger partial charge < -0.3 is 10.0 Å². The fourth-order valence-electron chi connectivity index (χ4n) is 2.72. The number of H-pyrrole nitrogens is 1. The summed E-state index contributed by atoms with van der Waals surface area (Å²) in [4.78, 5) is 18.1. The Balaban J connectivity index is 1.67. The zero-order valence-electron chi connectivity index (χ0n) is 11.9. The Morgan fingerprint density at radius 3 is 3.00 bits per heavy atom. The molecule has 1 amide bonds. The number of hydrogen-bond acceptors (Lipinski definition) is 4. The molecule has 110 valence electrons. The molecule has 21 heavy (non-hydrogen) atoms. The Morgan fingerprint density at radius 2 is 2.33 bits per heavy atom. The quantitative estimate of drug-likeness (QED) is 0.874. The summed E-state index contributed by atoms with van der Waals surface area (Å²) in [6.45, 7) is 2.82. The minimum absolute atomic E-state index is 0.0142. The van der Waals surface area contributed by atoms with E-state index in [1.54, 1.807) is 29.3 Å². The van der Waals surface area contributed by atoms with Crippen LogP contribution < -0.4 is 0 Å². The van der Waals surface area contributed by atoms with Gasteiger partial charge in [0.05, 0.1) is 11.8 Å². The second-order valence-electron chi connectivity index (χ2n) is 5.50. The average molecular weight is 286 g/mol. The van der Waals surface area contributed by atoms with E-state index in [1.165, 1.54) is 0 Å². The number of aromatic amines is 1. The van der Waals surface area contributed by atoms with Gasteiger partial charge in [0.1, 0.15) is 5.69 Å². The Morgan fingerprint density at radius 1 is 1.48 bits per heavy atom. The monoisotopic (exact) mass is 286 g/mol. The molecule has 0 radical (unpaired) electrons. The molecule has 2 N–H and O–H groups in total. The third kappa shape index (κ3) is 2.95. The number of hydrogen-bond donors (Lipinski definition) is 2. The highest BCUT2D eigenvalue weighted by atomic mass is 16.3. The van der Waals surface area contributed by atoms with E-state index in [0.29, 0.717) is 25.2 Å². The zero-order chi connectivity index (χ0) is 14.8. The molecular formula is C15H18N4O2. The summed E-state index contributed by atoms with van der Waals surface area (Å²) >= 11 is 0. The molecule has 0 aliphatic carbocycles. The number of β-amino-alcohol motifs (C(OH)–C–C–N with tert-alkyl or cyclic N) is 1. The van der Waals surface area contributed by atoms with E-state index in [0.717, 1.165) is 11.4 Å². The van der Waals surface area contributed by atoms with Crippen LogP contribution in [-0.4, -0.2) is 50.3 Å². The van der Waals surface area contributed by atoms with E-state index in [2.05, 4.69) is 15.2 Å². The van der Waals surface area contributed by atoms with Crippen molar-refractivity contribution in [3.05, 3.63) is 47.5 Å². The summed E-state index contributed by atoms with van der Waals surface area (Å²) in [5, 5.41) is 17.3. The number of rotatable bonds is 3. The van der Waals surface area contributed by atoms with E-state index in [-0.39, 0.29) is 11.8 Å². The molecule has 0 aromatic carbocycles. The van der Waals surface area contributed by atoms with Crippen molar-refractivity contribution >= 4 is 5.91 Å². The summed E-state index contributed by atoms with van der Waals surface area (Å²) in [6, 6.07) is 7.23. The smallest absolute Gasteiger partial charge is 0.272 e. The highest BCUT2D eigenvalue weighted by molar-refractivity contribution is 5.92. The first-order valence-electron chi connectivity index (χ1n) is 7.03. The zero-order valence-corrected chi connectivity index (χ0v) is 11.9. The second-order valence-corrected chi connectivity index (χ2v) is 5.50. The number of carbonyl (C=O) groups excluding carboxylic acids is 1. The number of aryl methyl sites for hydroxylation is 1. The average Bonchev–Trinajstić information content (AvgIpc) is 3.06. The molecule has 0 spiro atoms. The highest BCUT2D eigenvalue weighted by Gasteiger charge is 2.35. The molecule has 0 bridgehead atoms. The number of aliphatic hydroxyl groups is 1. The van der Waals surface area contributed by atoms with Crippen molar-refractivity contribution in [1.82, 2.24) is 20.1 Å². The van der Waals surface area contributed by atoms with E-state index < -0.39 is 6.10 Å². The molecule has 0 saturated carbocycles. The van der Waals surface area contributed by atoms with Gasteiger partial charge in [0.15, 0.2) is 0 Å². The lowest BCUT2D eigenvalue weighted by Gasteiger charge is -2.15. The summed E-state index contributed by atoms with van der Waals surface area (Å²) < 4.78 is 0. The molecule has 2 aromatic rings. The van der Waals surface area contributed by atoms with E-state index in [9.17, 15) is 9.90 Å². The normalized spacial score (nSPS) is 21.7. The van der Waals surface area contributed by atoms with Crippen LogP contribution in [-0.2, 0) is 6.42 Å². The number of carbonyl (C=O) groups is 1. The lowest BCUT2D eigenvalue weighted by molar-refractivity contribution is 0.0759. The molecule has 1 aliphatic heterocycles. The molecular weight excluding hydrogens is 268 g/mol. The van der Waals surface area contributed by atoms with Crippen molar-refractivity contribution in [1.29, 1.82) is 0 Å². The van der Waals surface area contributed by atoms with E-state index in [1.807, 2.05) is 13.0 Å². The van der Waals surface area contributed by atoms with Crippen LogP contribution >= 0.6 is 0 Å². The third-order valence-corrected chi connectivity index (χ3v) is 3.81. The first-order valence-corrected chi connectivity index (χ1v) is 7.03. The van der Waals surface area contributed by atoms with E-state index >= 15 is 0 Å². The molecule has 1 saturated heterocycles. The topological polar surface area (TPSA) is 82.1 Å². The van der Waals surface area contributed by atoms with Crippen LogP contribution in [0.3, 0.4) is 0 Å². The van der Waals surface area contributed by atoms with Crippen molar-refractivity contribution < 1.29 is 9.90 Å². The van der Waals surface area contributed by atoms with Crippen LogP contribution in [0, 0.1) is 12.8 Å². The highest BCUT2D eigenvalue weighted by Crippen LogP contribution is 2.22. The van der Waals surface area contributed by atoms with Gasteiger partial charge in [-0.25, -0.2) is 0 Å². The molecule has 3 rings (SSSR count). The van der Waals surface area contributed by atoms with Crippen LogP contribution in [0.1, 0.15) is 21.9 Å². The van der Waals surface area contributed by atoms with Gasteiger partial charge in [-0.15, -0.1) is 0 Å². The van der Waals surface area contributed by atoms with Crippen LogP contribution in [0.2, 0.25) is 0 Å². The fourth-order valence-corrected chi connectivity index (χ4v) is 2.72. The van der Waals surface area contributed by atoms with Crippen LogP contribution in [0.25, 0.3) is 0 Å². The van der Waals surface area contributed by atoms with Gasteiger partial charge in [-0.3, -0.25) is 14.9 Å². The number of aliphatic hydroxyl groups excluding tert-OH is 1. The minimum atomic E-state index is -0.519. The third-order valence-electron chi connectivity index (χ3n) is 3.81. The molecule has 3 heterocycles. The van der Waals surface area contributed by atoms with Crippen LogP contribution in [0.4, 0.5) is 0 Å².